The summed E-state index contributed by atoms with van der Waals surface area (Å²) >= 11 is 0. The second-order valence-corrected chi connectivity index (χ2v) is 5.26. The first-order chi connectivity index (χ1) is 10.5. The normalized spacial score (nSPS) is 10.7. The van der Waals surface area contributed by atoms with Crippen LogP contribution in [-0.4, -0.2) is 6.03 Å². The van der Waals surface area contributed by atoms with Gasteiger partial charge in [0.25, 0.3) is 0 Å². The van der Waals surface area contributed by atoms with E-state index in [0.717, 1.165) is 22.4 Å². The van der Waals surface area contributed by atoms with Gasteiger partial charge in [0.05, 0.1) is 0 Å². The summed E-state index contributed by atoms with van der Waals surface area (Å²) in [6.07, 6.45) is 3.13. The lowest BCUT2D eigenvalue weighted by Crippen LogP contribution is -2.24. The molecule has 0 saturated carbocycles. The first-order valence-electron chi connectivity index (χ1n) is 7.03. The summed E-state index contributed by atoms with van der Waals surface area (Å²) < 4.78 is 13.0. The van der Waals surface area contributed by atoms with Crippen molar-refractivity contribution in [2.24, 2.45) is 0 Å². The zero-order valence-electron chi connectivity index (χ0n) is 12.9. The number of nitrogens with one attached hydrogen (secondary N) is 2. The molecule has 4 heteroatoms. The number of rotatable bonds is 3. The molecular weight excluding hydrogens is 279 g/mol. The highest BCUT2D eigenvalue weighted by Crippen LogP contribution is 2.21. The Morgan fingerprint density at radius 1 is 1.09 bits per heavy atom. The summed E-state index contributed by atoms with van der Waals surface area (Å²) in [4.78, 5) is 11.9. The molecule has 22 heavy (non-hydrogen) atoms. The summed E-state index contributed by atoms with van der Waals surface area (Å²) in [5.41, 5.74) is 4.68. The lowest BCUT2D eigenvalue weighted by atomic mass is 10.1. The fourth-order valence-electron chi connectivity index (χ4n) is 2.35. The number of halogens is 1. The van der Waals surface area contributed by atoms with Gasteiger partial charge in [0.1, 0.15) is 5.82 Å². The minimum Gasteiger partial charge on any atom is -0.314 e. The minimum absolute atomic E-state index is 0.308. The summed E-state index contributed by atoms with van der Waals surface area (Å²) in [6.45, 7) is 5.93. The Morgan fingerprint density at radius 3 is 2.41 bits per heavy atom. The minimum atomic E-state index is -0.331. The Morgan fingerprint density at radius 2 is 1.77 bits per heavy atom. The van der Waals surface area contributed by atoms with Gasteiger partial charge in [-0.05, 0) is 55.7 Å². The second-order valence-electron chi connectivity index (χ2n) is 5.26. The van der Waals surface area contributed by atoms with E-state index in [0.29, 0.717) is 5.56 Å². The van der Waals surface area contributed by atoms with Crippen LogP contribution in [0.2, 0.25) is 0 Å². The third-order valence-corrected chi connectivity index (χ3v) is 3.25. The smallest absolute Gasteiger partial charge is 0.314 e. The highest BCUT2D eigenvalue weighted by atomic mass is 19.1. The number of aryl methyl sites for hydroxylation is 3. The van der Waals surface area contributed by atoms with Crippen molar-refractivity contribution in [2.75, 3.05) is 5.32 Å². The maximum Gasteiger partial charge on any atom is 0.323 e. The van der Waals surface area contributed by atoms with E-state index in [9.17, 15) is 9.18 Å². The van der Waals surface area contributed by atoms with Crippen molar-refractivity contribution in [3.8, 4) is 0 Å². The number of amides is 2. The average Bonchev–Trinajstić information content (AvgIpc) is 2.43. The molecule has 0 aliphatic heterocycles. The Hall–Kier alpha value is -2.62. The van der Waals surface area contributed by atoms with Crippen molar-refractivity contribution in [3.63, 3.8) is 0 Å². The maximum atomic E-state index is 13.0. The Bertz CT molecular complexity index is 700. The molecule has 0 aliphatic rings. The van der Waals surface area contributed by atoms with Gasteiger partial charge in [-0.25, -0.2) is 9.18 Å². The van der Waals surface area contributed by atoms with Crippen molar-refractivity contribution < 1.29 is 9.18 Å². The number of carbonyl (C=O) groups is 1. The molecule has 2 aromatic rings. The van der Waals surface area contributed by atoms with Crippen molar-refractivity contribution in [1.82, 2.24) is 5.32 Å². The lowest BCUT2D eigenvalue weighted by molar-refractivity contribution is 0.255. The van der Waals surface area contributed by atoms with Gasteiger partial charge in [-0.1, -0.05) is 29.8 Å². The zero-order chi connectivity index (χ0) is 16.1. The van der Waals surface area contributed by atoms with Gasteiger partial charge in [-0.2, -0.15) is 0 Å². The fraction of sp³-hybridized carbons (Fsp3) is 0.167. The monoisotopic (exact) mass is 298 g/mol. The molecule has 0 radical (unpaired) electrons. The molecule has 3 nitrogen and oxygen atoms in total. The molecule has 0 heterocycles. The summed E-state index contributed by atoms with van der Waals surface area (Å²) in [5, 5.41) is 5.44. The molecule has 0 saturated heterocycles. The SMILES string of the molecule is Cc1cc(C)c(NC(=O)N/C=C/c2cccc(F)c2)c(C)c1. The number of urea groups is 1. The topological polar surface area (TPSA) is 41.1 Å². The van der Waals surface area contributed by atoms with Gasteiger partial charge in [-0.15, -0.1) is 0 Å². The molecule has 0 spiro atoms. The highest BCUT2D eigenvalue weighted by molar-refractivity contribution is 5.92. The van der Waals surface area contributed by atoms with Gasteiger partial charge >= 0.3 is 6.03 Å². The predicted octanol–water partition coefficient (Wildman–Crippen LogP) is 4.54. The van der Waals surface area contributed by atoms with E-state index in [1.807, 2.05) is 32.9 Å². The molecule has 2 N–H and O–H groups in total. The van der Waals surface area contributed by atoms with Gasteiger partial charge in [0.15, 0.2) is 0 Å². The first kappa shape index (κ1) is 15.8. The maximum absolute atomic E-state index is 13.0. The molecule has 0 fully saturated rings. The Labute approximate surface area is 129 Å². The van der Waals surface area contributed by atoms with Crippen LogP contribution in [0.25, 0.3) is 6.08 Å². The first-order valence-corrected chi connectivity index (χ1v) is 7.03. The van der Waals surface area contributed by atoms with Crippen LogP contribution in [0, 0.1) is 26.6 Å². The van der Waals surface area contributed by atoms with Crippen LogP contribution in [-0.2, 0) is 0 Å². The number of carbonyl (C=O) groups excluding carboxylic acids is 1. The molecule has 2 aromatic carbocycles. The van der Waals surface area contributed by atoms with Crippen LogP contribution in [0.5, 0.6) is 0 Å². The van der Waals surface area contributed by atoms with Crippen molar-refractivity contribution in [1.29, 1.82) is 0 Å². The third kappa shape index (κ3) is 4.19. The quantitative estimate of drug-likeness (QED) is 0.858. The number of hydrogen-bond donors (Lipinski definition) is 2. The van der Waals surface area contributed by atoms with Crippen LogP contribution < -0.4 is 10.6 Å². The average molecular weight is 298 g/mol. The Balaban J connectivity index is 1.99. The van der Waals surface area contributed by atoms with Crippen molar-refractivity contribution >= 4 is 17.8 Å². The van der Waals surface area contributed by atoms with E-state index in [2.05, 4.69) is 10.6 Å². The van der Waals surface area contributed by atoms with Crippen molar-refractivity contribution in [3.05, 3.63) is 70.7 Å². The van der Waals surface area contributed by atoms with E-state index in [-0.39, 0.29) is 11.8 Å². The molecule has 0 aliphatic carbocycles. The third-order valence-electron chi connectivity index (χ3n) is 3.25. The summed E-state index contributed by atoms with van der Waals surface area (Å²) in [6, 6.07) is 9.85. The molecule has 2 amide bonds. The number of benzene rings is 2. The van der Waals surface area contributed by atoms with E-state index < -0.39 is 0 Å². The summed E-state index contributed by atoms with van der Waals surface area (Å²) in [7, 11) is 0. The standard InChI is InChI=1S/C18H19FN2O/c1-12-9-13(2)17(14(3)10-12)21-18(22)20-8-7-15-5-4-6-16(19)11-15/h4-11H,1-3H3,(H2,20,21,22)/b8-7+. The lowest BCUT2D eigenvalue weighted by Gasteiger charge is -2.12. The van der Waals surface area contributed by atoms with Gasteiger partial charge in [0.2, 0.25) is 0 Å². The molecule has 2 rings (SSSR count). The number of anilines is 1. The van der Waals surface area contributed by atoms with Gasteiger partial charge < -0.3 is 10.6 Å². The largest absolute Gasteiger partial charge is 0.323 e. The van der Waals surface area contributed by atoms with Crippen LogP contribution >= 0.6 is 0 Å². The molecule has 0 aromatic heterocycles. The van der Waals surface area contributed by atoms with Crippen LogP contribution in [0.3, 0.4) is 0 Å². The van der Waals surface area contributed by atoms with E-state index >= 15 is 0 Å². The zero-order valence-corrected chi connectivity index (χ0v) is 12.9. The van der Waals surface area contributed by atoms with Crippen LogP contribution in [0.1, 0.15) is 22.3 Å². The molecule has 114 valence electrons. The van der Waals surface area contributed by atoms with Crippen LogP contribution in [0.15, 0.2) is 42.6 Å². The molecule has 0 unspecified atom stereocenters. The van der Waals surface area contributed by atoms with Gasteiger partial charge in [-0.3, -0.25) is 0 Å². The Kier molecular flexibility index (Phi) is 4.94. The molecule has 0 atom stereocenters. The second kappa shape index (κ2) is 6.89. The van der Waals surface area contributed by atoms with E-state index in [1.165, 1.54) is 18.3 Å². The van der Waals surface area contributed by atoms with Gasteiger partial charge in [0, 0.05) is 11.9 Å². The predicted molar refractivity (Wildman–Crippen MR) is 88.2 cm³/mol. The highest BCUT2D eigenvalue weighted by Gasteiger charge is 2.06. The van der Waals surface area contributed by atoms with Crippen molar-refractivity contribution in [2.45, 2.75) is 20.8 Å². The summed E-state index contributed by atoms with van der Waals surface area (Å²) in [5.74, 6) is -0.308. The van der Waals surface area contributed by atoms with E-state index in [1.54, 1.807) is 18.2 Å². The molecular formula is C18H19FN2O. The molecule has 0 bridgehead atoms. The van der Waals surface area contributed by atoms with Crippen LogP contribution in [0.4, 0.5) is 14.9 Å². The van der Waals surface area contributed by atoms with E-state index in [4.69, 9.17) is 0 Å². The fourth-order valence-corrected chi connectivity index (χ4v) is 2.35. The number of hydrogen-bond acceptors (Lipinski definition) is 1.